The van der Waals surface area contributed by atoms with Gasteiger partial charge in [-0.15, -0.1) is 12.4 Å². The molecule has 0 aromatic heterocycles. The molecule has 3 heteroatoms. The summed E-state index contributed by atoms with van der Waals surface area (Å²) in [5.41, 5.74) is 1.29. The normalized spacial score (nSPS) is 17.6. The zero-order valence-corrected chi connectivity index (χ0v) is 12.4. The van der Waals surface area contributed by atoms with Gasteiger partial charge in [0.15, 0.2) is 0 Å². The second-order valence-corrected chi connectivity index (χ2v) is 5.49. The van der Waals surface area contributed by atoms with Crippen LogP contribution in [0.5, 0.6) is 0 Å². The lowest BCUT2D eigenvalue weighted by Crippen LogP contribution is -2.29. The Morgan fingerprint density at radius 1 is 1.06 bits per heavy atom. The quantitative estimate of drug-likeness (QED) is 0.828. The van der Waals surface area contributed by atoms with Crippen molar-refractivity contribution in [3.8, 4) is 0 Å². The summed E-state index contributed by atoms with van der Waals surface area (Å²) in [4.78, 5) is 0. The molecule has 1 fully saturated rings. The fraction of sp³-hybridized carbons (Fsp3) is 0.600. The number of hydrogen-bond donors (Lipinski definition) is 1. The minimum atomic E-state index is 0. The molecule has 0 spiro atoms. The van der Waals surface area contributed by atoms with Crippen molar-refractivity contribution in [3.63, 3.8) is 0 Å². The Bertz CT molecular complexity index is 333. The Morgan fingerprint density at radius 3 is 2.39 bits per heavy atom. The fourth-order valence-electron chi connectivity index (χ4n) is 2.57. The van der Waals surface area contributed by atoms with E-state index in [1.807, 2.05) is 12.1 Å². The number of nitrogens with one attached hydrogen (secondary N) is 1. The molecule has 1 saturated carbocycles. The molecule has 0 unspecified atom stereocenters. The third-order valence-corrected chi connectivity index (χ3v) is 3.82. The van der Waals surface area contributed by atoms with Crippen molar-refractivity contribution in [2.45, 2.75) is 57.5 Å². The third-order valence-electron chi connectivity index (χ3n) is 3.59. The van der Waals surface area contributed by atoms with Crippen LogP contribution >= 0.6 is 24.0 Å². The largest absolute Gasteiger partial charge is 0.310 e. The summed E-state index contributed by atoms with van der Waals surface area (Å²) in [6, 6.07) is 8.85. The van der Waals surface area contributed by atoms with Crippen LogP contribution in [-0.2, 0) is 6.54 Å². The van der Waals surface area contributed by atoms with E-state index in [1.54, 1.807) is 0 Å². The molecule has 0 radical (unpaired) electrons. The van der Waals surface area contributed by atoms with Crippen LogP contribution < -0.4 is 5.32 Å². The van der Waals surface area contributed by atoms with E-state index in [0.29, 0.717) is 6.04 Å². The van der Waals surface area contributed by atoms with E-state index in [2.05, 4.69) is 17.4 Å². The second-order valence-electron chi connectivity index (χ2n) is 5.05. The predicted octanol–water partition coefficient (Wildman–Crippen LogP) is 4.96. The van der Waals surface area contributed by atoms with Gasteiger partial charge in [-0.05, 0) is 30.5 Å². The Balaban J connectivity index is 0.00000162. The summed E-state index contributed by atoms with van der Waals surface area (Å²) >= 11 is 5.99. The van der Waals surface area contributed by atoms with Crippen molar-refractivity contribution < 1.29 is 0 Å². The van der Waals surface area contributed by atoms with E-state index in [0.717, 1.165) is 11.6 Å². The second kappa shape index (κ2) is 8.79. The minimum absolute atomic E-state index is 0. The van der Waals surface area contributed by atoms with E-state index in [4.69, 9.17) is 11.6 Å². The highest BCUT2D eigenvalue weighted by molar-refractivity contribution is 6.30. The van der Waals surface area contributed by atoms with Gasteiger partial charge in [-0.2, -0.15) is 0 Å². The summed E-state index contributed by atoms with van der Waals surface area (Å²) in [7, 11) is 0. The molecule has 1 aliphatic carbocycles. The first kappa shape index (κ1) is 15.8. The van der Waals surface area contributed by atoms with Crippen molar-refractivity contribution in [1.29, 1.82) is 0 Å². The standard InChI is InChI=1S/C15H22ClN.ClH/c16-14-8-6-7-13(11-14)12-17-15-9-4-2-1-3-5-10-15;/h6-8,11,15,17H,1-5,9-10,12H2;1H. The molecular weight excluding hydrogens is 265 g/mol. The van der Waals surface area contributed by atoms with Crippen molar-refractivity contribution in [3.05, 3.63) is 34.9 Å². The number of hydrogen-bond acceptors (Lipinski definition) is 1. The van der Waals surface area contributed by atoms with Gasteiger partial charge in [0.1, 0.15) is 0 Å². The molecule has 0 bridgehead atoms. The lowest BCUT2D eigenvalue weighted by molar-refractivity contribution is 0.389. The Labute approximate surface area is 122 Å². The van der Waals surface area contributed by atoms with E-state index >= 15 is 0 Å². The molecule has 0 saturated heterocycles. The monoisotopic (exact) mass is 287 g/mol. The van der Waals surface area contributed by atoms with Crippen LogP contribution in [0.4, 0.5) is 0 Å². The summed E-state index contributed by atoms with van der Waals surface area (Å²) in [5, 5.41) is 4.51. The van der Waals surface area contributed by atoms with Crippen LogP contribution in [0.1, 0.15) is 50.5 Å². The smallest absolute Gasteiger partial charge is 0.0409 e. The number of benzene rings is 1. The van der Waals surface area contributed by atoms with Gasteiger partial charge in [0, 0.05) is 17.6 Å². The van der Waals surface area contributed by atoms with Crippen LogP contribution in [0.15, 0.2) is 24.3 Å². The topological polar surface area (TPSA) is 12.0 Å². The van der Waals surface area contributed by atoms with E-state index in [-0.39, 0.29) is 12.4 Å². The van der Waals surface area contributed by atoms with Gasteiger partial charge in [-0.1, -0.05) is 55.8 Å². The van der Waals surface area contributed by atoms with E-state index in [1.165, 1.54) is 50.5 Å². The molecule has 18 heavy (non-hydrogen) atoms. The third kappa shape index (κ3) is 5.60. The first-order chi connectivity index (χ1) is 8.34. The van der Waals surface area contributed by atoms with Gasteiger partial charge in [0.05, 0.1) is 0 Å². The van der Waals surface area contributed by atoms with Crippen molar-refractivity contribution >= 4 is 24.0 Å². The Kier molecular flexibility index (Phi) is 7.73. The maximum Gasteiger partial charge on any atom is 0.0409 e. The van der Waals surface area contributed by atoms with Crippen molar-refractivity contribution in [1.82, 2.24) is 5.32 Å². The molecule has 0 amide bonds. The lowest BCUT2D eigenvalue weighted by atomic mass is 9.96. The van der Waals surface area contributed by atoms with Gasteiger partial charge >= 0.3 is 0 Å². The Morgan fingerprint density at radius 2 is 1.72 bits per heavy atom. The Hall–Kier alpha value is -0.240. The fourth-order valence-corrected chi connectivity index (χ4v) is 2.78. The van der Waals surface area contributed by atoms with E-state index < -0.39 is 0 Å². The van der Waals surface area contributed by atoms with Gasteiger partial charge in [-0.3, -0.25) is 0 Å². The van der Waals surface area contributed by atoms with Crippen LogP contribution in [-0.4, -0.2) is 6.04 Å². The molecule has 0 atom stereocenters. The van der Waals surface area contributed by atoms with Gasteiger partial charge < -0.3 is 5.32 Å². The molecule has 0 heterocycles. The first-order valence-electron chi connectivity index (χ1n) is 6.82. The summed E-state index contributed by atoms with van der Waals surface area (Å²) in [6.45, 7) is 0.950. The zero-order chi connectivity index (χ0) is 11.9. The zero-order valence-electron chi connectivity index (χ0n) is 10.8. The van der Waals surface area contributed by atoms with Crippen LogP contribution in [0.2, 0.25) is 5.02 Å². The lowest BCUT2D eigenvalue weighted by Gasteiger charge is -2.21. The average molecular weight is 288 g/mol. The van der Waals surface area contributed by atoms with E-state index in [9.17, 15) is 0 Å². The average Bonchev–Trinajstić information content (AvgIpc) is 2.27. The number of halogens is 2. The highest BCUT2D eigenvalue weighted by Crippen LogP contribution is 2.18. The highest BCUT2D eigenvalue weighted by Gasteiger charge is 2.10. The van der Waals surface area contributed by atoms with Gasteiger partial charge in [-0.25, -0.2) is 0 Å². The van der Waals surface area contributed by atoms with Gasteiger partial charge in [0.25, 0.3) is 0 Å². The molecule has 1 aromatic rings. The molecular formula is C15H23Cl2N. The first-order valence-corrected chi connectivity index (χ1v) is 7.20. The molecule has 1 N–H and O–H groups in total. The summed E-state index contributed by atoms with van der Waals surface area (Å²) < 4.78 is 0. The predicted molar refractivity (Wildman–Crippen MR) is 81.6 cm³/mol. The van der Waals surface area contributed by atoms with Crippen molar-refractivity contribution in [2.24, 2.45) is 0 Å². The molecule has 1 nitrogen and oxygen atoms in total. The minimum Gasteiger partial charge on any atom is -0.310 e. The highest BCUT2D eigenvalue weighted by atomic mass is 35.5. The maximum absolute atomic E-state index is 5.99. The van der Waals surface area contributed by atoms with Gasteiger partial charge in [0.2, 0.25) is 0 Å². The number of rotatable bonds is 3. The SMILES string of the molecule is Cl.Clc1cccc(CNC2CCCCCCC2)c1. The van der Waals surface area contributed by atoms with Crippen LogP contribution in [0, 0.1) is 0 Å². The molecule has 102 valence electrons. The molecule has 0 aliphatic heterocycles. The molecule has 1 aromatic carbocycles. The molecule has 1 aliphatic rings. The van der Waals surface area contributed by atoms with Crippen LogP contribution in [0.3, 0.4) is 0 Å². The van der Waals surface area contributed by atoms with Crippen LogP contribution in [0.25, 0.3) is 0 Å². The summed E-state index contributed by atoms with van der Waals surface area (Å²) in [6.07, 6.45) is 9.69. The maximum atomic E-state index is 5.99. The summed E-state index contributed by atoms with van der Waals surface area (Å²) in [5.74, 6) is 0. The van der Waals surface area contributed by atoms with Crippen molar-refractivity contribution in [2.75, 3.05) is 0 Å². The molecule has 2 rings (SSSR count).